The van der Waals surface area contributed by atoms with Crippen molar-refractivity contribution < 1.29 is 0 Å². The molecule has 2 aliphatic rings. The predicted octanol–water partition coefficient (Wildman–Crippen LogP) is 3.45. The molecule has 0 radical (unpaired) electrons. The number of nitrogens with one attached hydrogen (secondary N) is 1. The lowest BCUT2D eigenvalue weighted by molar-refractivity contribution is 0.375. The van der Waals surface area contributed by atoms with Crippen LogP contribution in [0.3, 0.4) is 0 Å². The van der Waals surface area contributed by atoms with Gasteiger partial charge in [0, 0.05) is 5.54 Å². The number of rotatable bonds is 1. The molecule has 3 rings (SSSR count). The van der Waals surface area contributed by atoms with Crippen LogP contribution < -0.4 is 5.32 Å². The quantitative estimate of drug-likeness (QED) is 0.795. The molecule has 2 fully saturated rings. The summed E-state index contributed by atoms with van der Waals surface area (Å²) >= 11 is 12.0. The predicted molar refractivity (Wildman–Crippen MR) is 63.4 cm³/mol. The lowest BCUT2D eigenvalue weighted by atomic mass is 9.88. The Morgan fingerprint density at radius 1 is 1.33 bits per heavy atom. The van der Waals surface area contributed by atoms with Gasteiger partial charge in [-0.1, -0.05) is 29.3 Å². The second kappa shape index (κ2) is 3.13. The third kappa shape index (κ3) is 1.41. The summed E-state index contributed by atoms with van der Waals surface area (Å²) in [5.41, 5.74) is 1.38. The molecule has 80 valence electrons. The molecule has 1 nitrogen and oxygen atoms in total. The first-order chi connectivity index (χ1) is 7.11. The third-order valence-corrected chi connectivity index (χ3v) is 4.65. The Bertz CT molecular complexity index is 418. The van der Waals surface area contributed by atoms with Gasteiger partial charge < -0.3 is 5.32 Å². The summed E-state index contributed by atoms with van der Waals surface area (Å²) in [4.78, 5) is 0. The number of benzene rings is 1. The molecular formula is C12H13Cl2N. The molecule has 1 saturated carbocycles. The zero-order valence-electron chi connectivity index (χ0n) is 8.56. The van der Waals surface area contributed by atoms with Crippen molar-refractivity contribution in [3.8, 4) is 0 Å². The highest BCUT2D eigenvalue weighted by atomic mass is 35.5. The van der Waals surface area contributed by atoms with E-state index in [0.717, 1.165) is 18.4 Å². The van der Waals surface area contributed by atoms with Gasteiger partial charge in [-0.25, -0.2) is 0 Å². The molecule has 1 aliphatic heterocycles. The van der Waals surface area contributed by atoms with Gasteiger partial charge in [-0.05, 0) is 49.4 Å². The summed E-state index contributed by atoms with van der Waals surface area (Å²) in [6.07, 6.45) is 1.35. The van der Waals surface area contributed by atoms with Crippen LogP contribution in [0.2, 0.25) is 10.0 Å². The third-order valence-electron chi connectivity index (χ3n) is 3.91. The fourth-order valence-electron chi connectivity index (χ4n) is 2.79. The van der Waals surface area contributed by atoms with Crippen molar-refractivity contribution in [2.75, 3.05) is 6.54 Å². The van der Waals surface area contributed by atoms with Gasteiger partial charge in [0.05, 0.1) is 10.0 Å². The first-order valence-corrected chi connectivity index (χ1v) is 6.07. The van der Waals surface area contributed by atoms with Crippen molar-refractivity contribution in [2.45, 2.75) is 18.9 Å². The van der Waals surface area contributed by atoms with Gasteiger partial charge in [0.2, 0.25) is 0 Å². The van der Waals surface area contributed by atoms with E-state index < -0.39 is 0 Å². The normalized spacial score (nSPS) is 37.8. The van der Waals surface area contributed by atoms with E-state index in [4.69, 9.17) is 23.2 Å². The van der Waals surface area contributed by atoms with E-state index in [2.05, 4.69) is 18.3 Å². The fraction of sp³-hybridized carbons (Fsp3) is 0.500. The van der Waals surface area contributed by atoms with Crippen LogP contribution in [0, 0.1) is 11.8 Å². The van der Waals surface area contributed by atoms with E-state index in [9.17, 15) is 0 Å². The Morgan fingerprint density at radius 3 is 2.67 bits per heavy atom. The van der Waals surface area contributed by atoms with E-state index in [0.29, 0.717) is 10.0 Å². The second-order valence-corrected chi connectivity index (χ2v) is 5.63. The lowest BCUT2D eigenvalue weighted by Crippen LogP contribution is -2.37. The molecule has 1 N–H and O–H groups in total. The monoisotopic (exact) mass is 241 g/mol. The largest absolute Gasteiger partial charge is 0.307 e. The Hall–Kier alpha value is -0.240. The number of halogens is 2. The zero-order valence-corrected chi connectivity index (χ0v) is 10.1. The molecule has 0 amide bonds. The molecule has 1 aliphatic carbocycles. The first kappa shape index (κ1) is 9.95. The summed E-state index contributed by atoms with van der Waals surface area (Å²) in [7, 11) is 0. The maximum atomic E-state index is 6.06. The second-order valence-electron chi connectivity index (χ2n) is 4.81. The molecule has 0 bridgehead atoms. The van der Waals surface area contributed by atoms with Crippen LogP contribution in [0.5, 0.6) is 0 Å². The molecule has 0 aromatic heterocycles. The Kier molecular flexibility index (Phi) is 2.08. The van der Waals surface area contributed by atoms with Crippen LogP contribution in [-0.2, 0) is 5.54 Å². The van der Waals surface area contributed by atoms with E-state index in [1.54, 1.807) is 0 Å². The number of piperidine rings is 1. The highest BCUT2D eigenvalue weighted by molar-refractivity contribution is 6.42. The van der Waals surface area contributed by atoms with Crippen LogP contribution in [-0.4, -0.2) is 6.54 Å². The zero-order chi connectivity index (χ0) is 10.6. The van der Waals surface area contributed by atoms with Crippen LogP contribution in [0.15, 0.2) is 18.2 Å². The highest BCUT2D eigenvalue weighted by Gasteiger charge is 2.55. The molecule has 1 saturated heterocycles. The van der Waals surface area contributed by atoms with E-state index >= 15 is 0 Å². The number of hydrogen-bond donors (Lipinski definition) is 1. The van der Waals surface area contributed by atoms with Gasteiger partial charge in [0.25, 0.3) is 0 Å². The topological polar surface area (TPSA) is 12.0 Å². The van der Waals surface area contributed by atoms with Crippen LogP contribution in [0.4, 0.5) is 0 Å². The minimum atomic E-state index is 0.110. The summed E-state index contributed by atoms with van der Waals surface area (Å²) in [6, 6.07) is 5.97. The van der Waals surface area contributed by atoms with Crippen molar-refractivity contribution in [3.63, 3.8) is 0 Å². The van der Waals surface area contributed by atoms with E-state index in [1.165, 1.54) is 12.0 Å². The number of hydrogen-bond acceptors (Lipinski definition) is 1. The molecule has 0 spiro atoms. The van der Waals surface area contributed by atoms with Gasteiger partial charge >= 0.3 is 0 Å². The van der Waals surface area contributed by atoms with Gasteiger partial charge in [0.15, 0.2) is 0 Å². The maximum Gasteiger partial charge on any atom is 0.0595 e. The standard InChI is InChI=1S/C12H13Cl2N/c1-12(9-4-7(9)6-15-12)8-2-3-10(13)11(14)5-8/h2-3,5,7,9,15H,4,6H2,1H3/t7-,9+,12?/m0/s1. The Labute approximate surface area is 99.8 Å². The fourth-order valence-corrected chi connectivity index (χ4v) is 3.09. The molecule has 1 aromatic rings. The minimum absolute atomic E-state index is 0.110. The molecule has 1 heterocycles. The van der Waals surface area contributed by atoms with Crippen LogP contribution >= 0.6 is 23.2 Å². The van der Waals surface area contributed by atoms with Gasteiger partial charge in [-0.2, -0.15) is 0 Å². The minimum Gasteiger partial charge on any atom is -0.307 e. The molecule has 3 heteroatoms. The van der Waals surface area contributed by atoms with Crippen molar-refractivity contribution >= 4 is 23.2 Å². The number of fused-ring (bicyclic) bond motifs is 1. The van der Waals surface area contributed by atoms with Gasteiger partial charge in [-0.15, -0.1) is 0 Å². The smallest absolute Gasteiger partial charge is 0.0595 e. The highest BCUT2D eigenvalue weighted by Crippen LogP contribution is 2.55. The summed E-state index contributed by atoms with van der Waals surface area (Å²) in [6.45, 7) is 3.41. The molecule has 15 heavy (non-hydrogen) atoms. The van der Waals surface area contributed by atoms with E-state index in [1.807, 2.05) is 12.1 Å². The van der Waals surface area contributed by atoms with Gasteiger partial charge in [-0.3, -0.25) is 0 Å². The summed E-state index contributed by atoms with van der Waals surface area (Å²) in [5, 5.41) is 4.88. The Morgan fingerprint density at radius 2 is 2.13 bits per heavy atom. The molecule has 1 aromatic carbocycles. The first-order valence-electron chi connectivity index (χ1n) is 5.32. The average Bonchev–Trinajstić information content (AvgIpc) is 2.93. The Balaban J connectivity index is 2.01. The molecular weight excluding hydrogens is 229 g/mol. The van der Waals surface area contributed by atoms with Crippen molar-refractivity contribution in [1.29, 1.82) is 0 Å². The lowest BCUT2D eigenvalue weighted by Gasteiger charge is -2.28. The van der Waals surface area contributed by atoms with Crippen LogP contribution in [0.1, 0.15) is 18.9 Å². The maximum absolute atomic E-state index is 6.06. The molecule has 1 unspecified atom stereocenters. The summed E-state index contributed by atoms with van der Waals surface area (Å²) in [5.74, 6) is 1.67. The van der Waals surface area contributed by atoms with Crippen molar-refractivity contribution in [1.82, 2.24) is 5.32 Å². The average molecular weight is 242 g/mol. The van der Waals surface area contributed by atoms with Crippen LogP contribution in [0.25, 0.3) is 0 Å². The summed E-state index contributed by atoms with van der Waals surface area (Å²) < 4.78 is 0. The van der Waals surface area contributed by atoms with E-state index in [-0.39, 0.29) is 5.54 Å². The van der Waals surface area contributed by atoms with Crippen molar-refractivity contribution in [3.05, 3.63) is 33.8 Å². The SMILES string of the molecule is CC1(c2ccc(Cl)c(Cl)c2)NC[C@@H]2C[C@H]21. The van der Waals surface area contributed by atoms with Gasteiger partial charge in [0.1, 0.15) is 0 Å². The molecule has 3 atom stereocenters. The van der Waals surface area contributed by atoms with Crippen molar-refractivity contribution in [2.24, 2.45) is 11.8 Å².